The zero-order chi connectivity index (χ0) is 27.7. The molecular weight excluding hydrogens is 514 g/mol. The number of hydrogen-bond acceptors (Lipinski definition) is 7. The standard InChI is InChI=1S/C25H26F6N6O/c1-36(2)23-34-19-10-13-37(22-17(24(26,27)28)7-4-11-32-22)12-5-6-16(19)21(35-23)33-15-8-9-20(38-3)18(14-15)25(29,30)31/h4,7-9,11,14H,5-6,10,12-13H2,1-3H3,(H,33,34,35). The lowest BCUT2D eigenvalue weighted by Crippen LogP contribution is -2.33. The Morgan fingerprint density at radius 3 is 2.34 bits per heavy atom. The van der Waals surface area contributed by atoms with Crippen molar-refractivity contribution in [3.8, 4) is 5.75 Å². The van der Waals surface area contributed by atoms with Crippen LogP contribution in [0.15, 0.2) is 36.5 Å². The van der Waals surface area contributed by atoms with Crippen LogP contribution in [0.5, 0.6) is 5.75 Å². The Balaban J connectivity index is 1.69. The second-order valence-corrected chi connectivity index (χ2v) is 8.94. The van der Waals surface area contributed by atoms with E-state index >= 15 is 0 Å². The van der Waals surface area contributed by atoms with Gasteiger partial charge in [-0.25, -0.2) is 9.97 Å². The van der Waals surface area contributed by atoms with E-state index in [0.717, 1.165) is 12.1 Å². The fourth-order valence-corrected chi connectivity index (χ4v) is 4.32. The summed E-state index contributed by atoms with van der Waals surface area (Å²) < 4.78 is 86.3. The maximum Gasteiger partial charge on any atom is 0.420 e. The average molecular weight is 541 g/mol. The molecule has 0 fully saturated rings. The second kappa shape index (κ2) is 10.5. The van der Waals surface area contributed by atoms with E-state index < -0.39 is 23.5 Å². The lowest BCUT2D eigenvalue weighted by atomic mass is 10.0. The molecule has 3 heterocycles. The molecule has 1 aromatic carbocycles. The number of fused-ring (bicyclic) bond motifs is 1. The van der Waals surface area contributed by atoms with E-state index in [0.29, 0.717) is 42.4 Å². The van der Waals surface area contributed by atoms with Crippen LogP contribution in [-0.4, -0.2) is 49.2 Å². The number of nitrogens with one attached hydrogen (secondary N) is 1. The molecule has 4 rings (SSSR count). The van der Waals surface area contributed by atoms with Crippen molar-refractivity contribution in [1.29, 1.82) is 0 Å². The van der Waals surface area contributed by atoms with Crippen LogP contribution in [0.2, 0.25) is 0 Å². The molecule has 0 aliphatic carbocycles. The van der Waals surface area contributed by atoms with Crippen molar-refractivity contribution in [1.82, 2.24) is 15.0 Å². The number of hydrogen-bond donors (Lipinski definition) is 1. The van der Waals surface area contributed by atoms with Crippen molar-refractivity contribution >= 4 is 23.3 Å². The van der Waals surface area contributed by atoms with Gasteiger partial charge in [-0.2, -0.15) is 31.3 Å². The minimum Gasteiger partial charge on any atom is -0.496 e. The highest BCUT2D eigenvalue weighted by atomic mass is 19.4. The number of alkyl halides is 6. The Kier molecular flexibility index (Phi) is 7.56. The average Bonchev–Trinajstić information content (AvgIpc) is 2.83. The van der Waals surface area contributed by atoms with Crippen molar-refractivity contribution in [3.63, 3.8) is 0 Å². The molecule has 38 heavy (non-hydrogen) atoms. The summed E-state index contributed by atoms with van der Waals surface area (Å²) in [6, 6.07) is 5.90. The molecule has 2 aromatic heterocycles. The summed E-state index contributed by atoms with van der Waals surface area (Å²) in [5.41, 5.74) is -0.265. The summed E-state index contributed by atoms with van der Waals surface area (Å²) in [5.74, 6) is 0.223. The normalized spacial score (nSPS) is 14.4. The van der Waals surface area contributed by atoms with Crippen molar-refractivity contribution in [3.05, 3.63) is 58.9 Å². The van der Waals surface area contributed by atoms with E-state index in [1.807, 2.05) is 0 Å². The predicted octanol–water partition coefficient (Wildman–Crippen LogP) is 5.72. The molecule has 7 nitrogen and oxygen atoms in total. The number of aromatic nitrogens is 3. The summed E-state index contributed by atoms with van der Waals surface area (Å²) in [4.78, 5) is 16.4. The Bertz CT molecular complexity index is 1290. The minimum absolute atomic E-state index is 0.137. The number of benzene rings is 1. The molecule has 0 unspecified atom stereocenters. The van der Waals surface area contributed by atoms with Gasteiger partial charge in [0.1, 0.15) is 17.4 Å². The van der Waals surface area contributed by atoms with Gasteiger partial charge in [0, 0.05) is 51.1 Å². The number of rotatable bonds is 5. The minimum atomic E-state index is -4.62. The zero-order valence-corrected chi connectivity index (χ0v) is 20.9. The fraction of sp³-hybridized carbons (Fsp3) is 0.400. The number of halogens is 6. The van der Waals surface area contributed by atoms with Gasteiger partial charge in [0.25, 0.3) is 0 Å². The second-order valence-electron chi connectivity index (χ2n) is 8.94. The van der Waals surface area contributed by atoms with Gasteiger partial charge in [0.15, 0.2) is 0 Å². The van der Waals surface area contributed by atoms with Crippen LogP contribution in [0.25, 0.3) is 0 Å². The fourth-order valence-electron chi connectivity index (χ4n) is 4.32. The van der Waals surface area contributed by atoms with Crippen LogP contribution in [0.4, 0.5) is 49.6 Å². The molecule has 1 N–H and O–H groups in total. The number of pyridine rings is 1. The van der Waals surface area contributed by atoms with Gasteiger partial charge < -0.3 is 19.9 Å². The lowest BCUT2D eigenvalue weighted by Gasteiger charge is -2.29. The Morgan fingerprint density at radius 1 is 0.947 bits per heavy atom. The van der Waals surface area contributed by atoms with Crippen molar-refractivity contribution < 1.29 is 31.1 Å². The van der Waals surface area contributed by atoms with Gasteiger partial charge in [-0.05, 0) is 43.2 Å². The largest absolute Gasteiger partial charge is 0.496 e. The third kappa shape index (κ3) is 5.86. The van der Waals surface area contributed by atoms with Crippen molar-refractivity contribution in [2.75, 3.05) is 49.4 Å². The van der Waals surface area contributed by atoms with Crippen molar-refractivity contribution in [2.24, 2.45) is 0 Å². The third-order valence-electron chi connectivity index (χ3n) is 6.11. The van der Waals surface area contributed by atoms with Crippen LogP contribution in [0, 0.1) is 0 Å². The van der Waals surface area contributed by atoms with Gasteiger partial charge in [0.2, 0.25) is 5.95 Å². The first-order valence-electron chi connectivity index (χ1n) is 11.7. The smallest absolute Gasteiger partial charge is 0.420 e. The Hall–Kier alpha value is -3.77. The van der Waals surface area contributed by atoms with E-state index in [1.54, 1.807) is 23.9 Å². The summed E-state index contributed by atoms with van der Waals surface area (Å²) >= 11 is 0. The van der Waals surface area contributed by atoms with Gasteiger partial charge in [-0.1, -0.05) is 0 Å². The van der Waals surface area contributed by atoms with E-state index in [-0.39, 0.29) is 30.2 Å². The number of nitrogens with zero attached hydrogens (tertiary/aromatic N) is 5. The number of methoxy groups -OCH3 is 1. The number of anilines is 4. The number of ether oxygens (including phenoxy) is 1. The van der Waals surface area contributed by atoms with E-state index in [9.17, 15) is 26.3 Å². The Morgan fingerprint density at radius 2 is 1.68 bits per heavy atom. The third-order valence-corrected chi connectivity index (χ3v) is 6.11. The summed E-state index contributed by atoms with van der Waals surface area (Å²) in [7, 11) is 4.61. The highest BCUT2D eigenvalue weighted by Crippen LogP contribution is 2.39. The van der Waals surface area contributed by atoms with Crippen LogP contribution in [0.3, 0.4) is 0 Å². The van der Waals surface area contributed by atoms with Gasteiger partial charge in [-0.3, -0.25) is 0 Å². The monoisotopic (exact) mass is 540 g/mol. The highest BCUT2D eigenvalue weighted by molar-refractivity contribution is 5.64. The highest BCUT2D eigenvalue weighted by Gasteiger charge is 2.36. The van der Waals surface area contributed by atoms with Crippen LogP contribution < -0.4 is 19.9 Å². The summed E-state index contributed by atoms with van der Waals surface area (Å²) in [5, 5.41) is 3.00. The molecular formula is C25H26F6N6O. The summed E-state index contributed by atoms with van der Waals surface area (Å²) in [6.45, 7) is 0.520. The van der Waals surface area contributed by atoms with Crippen LogP contribution in [0.1, 0.15) is 28.8 Å². The molecule has 13 heteroatoms. The van der Waals surface area contributed by atoms with Gasteiger partial charge in [0.05, 0.1) is 23.9 Å². The van der Waals surface area contributed by atoms with Crippen molar-refractivity contribution in [2.45, 2.75) is 31.6 Å². The zero-order valence-electron chi connectivity index (χ0n) is 20.9. The quantitative estimate of drug-likeness (QED) is 0.415. The molecule has 204 valence electrons. The molecule has 1 aliphatic rings. The molecule has 3 aromatic rings. The van der Waals surface area contributed by atoms with Crippen LogP contribution in [-0.2, 0) is 25.2 Å². The topological polar surface area (TPSA) is 66.4 Å². The molecule has 0 atom stereocenters. The first kappa shape index (κ1) is 27.3. The first-order valence-corrected chi connectivity index (χ1v) is 11.7. The van der Waals surface area contributed by atoms with Crippen LogP contribution >= 0.6 is 0 Å². The molecule has 0 amide bonds. The molecule has 0 spiro atoms. The Labute approximate surface area is 215 Å². The maximum absolute atomic E-state index is 13.6. The van der Waals surface area contributed by atoms with Gasteiger partial charge >= 0.3 is 12.4 Å². The van der Waals surface area contributed by atoms with E-state index in [2.05, 4.69) is 20.3 Å². The molecule has 0 radical (unpaired) electrons. The maximum atomic E-state index is 13.6. The first-order chi connectivity index (χ1) is 17.9. The molecule has 0 saturated carbocycles. The summed E-state index contributed by atoms with van der Waals surface area (Å²) in [6.07, 6.45) is -6.69. The van der Waals surface area contributed by atoms with Gasteiger partial charge in [-0.15, -0.1) is 0 Å². The predicted molar refractivity (Wildman–Crippen MR) is 131 cm³/mol. The van der Waals surface area contributed by atoms with E-state index in [1.165, 1.54) is 31.5 Å². The molecule has 1 aliphatic heterocycles. The molecule has 0 saturated heterocycles. The lowest BCUT2D eigenvalue weighted by molar-refractivity contribution is -0.139. The molecule has 0 bridgehead atoms. The van der Waals surface area contributed by atoms with E-state index in [4.69, 9.17) is 4.74 Å². The SMILES string of the molecule is COc1ccc(Nc2nc(N(C)C)nc3c2CCCN(c2ncccc2C(F)(F)F)CC3)cc1C(F)(F)F.